The molecule has 0 aromatic heterocycles. The normalized spacial score (nSPS) is 11.8. The first kappa shape index (κ1) is 47.4. The average molecular weight is 695 g/mol. The van der Waals surface area contributed by atoms with Crippen LogP contribution in [0.2, 0.25) is 0 Å². The van der Waals surface area contributed by atoms with Crippen LogP contribution in [0.25, 0.3) is 0 Å². The van der Waals surface area contributed by atoms with Crippen molar-refractivity contribution in [1.29, 1.82) is 0 Å². The van der Waals surface area contributed by atoms with Crippen LogP contribution in [-0.2, 0) is 28.6 Å². The van der Waals surface area contributed by atoms with E-state index >= 15 is 0 Å². The molecular formula is C43H82O6. The topological polar surface area (TPSA) is 78.9 Å². The first-order valence-electron chi connectivity index (χ1n) is 21.5. The van der Waals surface area contributed by atoms with Crippen LogP contribution in [0, 0.1) is 0 Å². The maximum Gasteiger partial charge on any atom is 0.306 e. The minimum Gasteiger partial charge on any atom is -0.462 e. The highest BCUT2D eigenvalue weighted by atomic mass is 16.6. The van der Waals surface area contributed by atoms with Gasteiger partial charge in [0, 0.05) is 19.3 Å². The van der Waals surface area contributed by atoms with Crippen molar-refractivity contribution in [3.63, 3.8) is 0 Å². The summed E-state index contributed by atoms with van der Waals surface area (Å²) in [6, 6.07) is 0. The van der Waals surface area contributed by atoms with Crippen LogP contribution in [0.15, 0.2) is 0 Å². The third kappa shape index (κ3) is 37.5. The molecule has 0 saturated carbocycles. The number of hydrogen-bond donors (Lipinski definition) is 0. The fraction of sp³-hybridized carbons (Fsp3) is 0.930. The van der Waals surface area contributed by atoms with Crippen LogP contribution in [0.5, 0.6) is 0 Å². The van der Waals surface area contributed by atoms with E-state index < -0.39 is 6.10 Å². The molecular weight excluding hydrogens is 612 g/mol. The van der Waals surface area contributed by atoms with Crippen molar-refractivity contribution in [1.82, 2.24) is 0 Å². The largest absolute Gasteiger partial charge is 0.462 e. The quantitative estimate of drug-likeness (QED) is 0.0362. The van der Waals surface area contributed by atoms with Gasteiger partial charge in [-0.1, -0.05) is 201 Å². The van der Waals surface area contributed by atoms with Gasteiger partial charge in [-0.25, -0.2) is 0 Å². The molecule has 6 heteroatoms. The van der Waals surface area contributed by atoms with Crippen molar-refractivity contribution in [3.8, 4) is 0 Å². The summed E-state index contributed by atoms with van der Waals surface area (Å²) in [4.78, 5) is 37.3. The van der Waals surface area contributed by atoms with Crippen molar-refractivity contribution >= 4 is 17.9 Å². The van der Waals surface area contributed by atoms with Gasteiger partial charge in [0.1, 0.15) is 13.2 Å². The molecule has 0 radical (unpaired) electrons. The third-order valence-corrected chi connectivity index (χ3v) is 9.61. The van der Waals surface area contributed by atoms with Gasteiger partial charge in [0.25, 0.3) is 0 Å². The van der Waals surface area contributed by atoms with Gasteiger partial charge in [-0.15, -0.1) is 0 Å². The molecule has 0 N–H and O–H groups in total. The molecule has 0 fully saturated rings. The highest BCUT2D eigenvalue weighted by Crippen LogP contribution is 2.15. The van der Waals surface area contributed by atoms with Crippen molar-refractivity contribution in [2.45, 2.75) is 245 Å². The minimum atomic E-state index is -0.755. The smallest absolute Gasteiger partial charge is 0.306 e. The monoisotopic (exact) mass is 695 g/mol. The molecule has 0 amide bonds. The lowest BCUT2D eigenvalue weighted by molar-refractivity contribution is -0.167. The zero-order chi connectivity index (χ0) is 35.9. The predicted octanol–water partition coefficient (Wildman–Crippen LogP) is 13.3. The van der Waals surface area contributed by atoms with Gasteiger partial charge in [0.05, 0.1) is 0 Å². The molecule has 0 aromatic rings. The summed E-state index contributed by atoms with van der Waals surface area (Å²) in [7, 11) is 0. The second kappa shape index (κ2) is 39.2. The Kier molecular flexibility index (Phi) is 37.9. The van der Waals surface area contributed by atoms with Gasteiger partial charge in [0.15, 0.2) is 6.10 Å². The Labute approximate surface area is 304 Å². The lowest BCUT2D eigenvalue weighted by Gasteiger charge is -2.18. The molecule has 0 saturated heterocycles. The van der Waals surface area contributed by atoms with Crippen LogP contribution >= 0.6 is 0 Å². The Hall–Kier alpha value is -1.59. The zero-order valence-electron chi connectivity index (χ0n) is 33.0. The summed E-state index contributed by atoms with van der Waals surface area (Å²) in [6.45, 7) is 6.56. The molecule has 0 heterocycles. The summed E-state index contributed by atoms with van der Waals surface area (Å²) >= 11 is 0. The van der Waals surface area contributed by atoms with E-state index in [2.05, 4.69) is 20.8 Å². The first-order chi connectivity index (χ1) is 24.0. The number of carbonyl (C=O) groups is 3. The Morgan fingerprint density at radius 3 is 0.816 bits per heavy atom. The van der Waals surface area contributed by atoms with Crippen molar-refractivity contribution < 1.29 is 28.6 Å². The highest BCUT2D eigenvalue weighted by molar-refractivity contribution is 5.71. The lowest BCUT2D eigenvalue weighted by atomic mass is 10.0. The van der Waals surface area contributed by atoms with Crippen LogP contribution < -0.4 is 0 Å². The number of carbonyl (C=O) groups excluding carboxylic acids is 3. The van der Waals surface area contributed by atoms with Crippen LogP contribution in [0.3, 0.4) is 0 Å². The maximum atomic E-state index is 12.6. The van der Waals surface area contributed by atoms with Crippen molar-refractivity contribution in [3.05, 3.63) is 0 Å². The zero-order valence-corrected chi connectivity index (χ0v) is 33.0. The number of rotatable bonds is 39. The molecule has 0 unspecified atom stereocenters. The number of ether oxygens (including phenoxy) is 3. The molecule has 1 atom stereocenters. The summed E-state index contributed by atoms with van der Waals surface area (Å²) in [5.74, 6) is -0.870. The molecule has 0 rings (SSSR count). The van der Waals surface area contributed by atoms with Gasteiger partial charge in [-0.2, -0.15) is 0 Å². The molecule has 0 aliphatic carbocycles. The summed E-state index contributed by atoms with van der Waals surface area (Å²) < 4.78 is 16.6. The molecule has 0 aliphatic rings. The van der Waals surface area contributed by atoms with Gasteiger partial charge in [-0.3, -0.25) is 14.4 Å². The minimum absolute atomic E-state index is 0.0641. The van der Waals surface area contributed by atoms with E-state index in [1.54, 1.807) is 0 Å². The molecule has 49 heavy (non-hydrogen) atoms. The molecule has 0 spiro atoms. The van der Waals surface area contributed by atoms with E-state index in [-0.39, 0.29) is 31.1 Å². The average Bonchev–Trinajstić information content (AvgIpc) is 3.09. The molecule has 0 bridgehead atoms. The van der Waals surface area contributed by atoms with Crippen LogP contribution in [0.1, 0.15) is 239 Å². The van der Waals surface area contributed by atoms with Gasteiger partial charge in [-0.05, 0) is 19.3 Å². The first-order valence-corrected chi connectivity index (χ1v) is 21.5. The third-order valence-electron chi connectivity index (χ3n) is 9.61. The van der Waals surface area contributed by atoms with E-state index in [1.807, 2.05) is 0 Å². The van der Waals surface area contributed by atoms with E-state index in [9.17, 15) is 14.4 Å². The number of hydrogen-bond acceptors (Lipinski definition) is 6. The predicted molar refractivity (Wildman–Crippen MR) is 206 cm³/mol. The molecule has 6 nitrogen and oxygen atoms in total. The Morgan fingerprint density at radius 2 is 0.551 bits per heavy atom. The fourth-order valence-electron chi connectivity index (χ4n) is 6.32. The van der Waals surface area contributed by atoms with E-state index in [0.29, 0.717) is 19.3 Å². The Bertz CT molecular complexity index is 723. The summed E-state index contributed by atoms with van der Waals surface area (Å²) in [5.41, 5.74) is 0. The molecule has 0 aromatic carbocycles. The second-order valence-corrected chi connectivity index (χ2v) is 14.6. The number of esters is 3. The summed E-state index contributed by atoms with van der Waals surface area (Å²) in [6.07, 6.45) is 38.2. The lowest BCUT2D eigenvalue weighted by Crippen LogP contribution is -2.30. The van der Waals surface area contributed by atoms with Crippen LogP contribution in [0.4, 0.5) is 0 Å². The van der Waals surface area contributed by atoms with Gasteiger partial charge >= 0.3 is 17.9 Å². The van der Waals surface area contributed by atoms with Gasteiger partial charge < -0.3 is 14.2 Å². The van der Waals surface area contributed by atoms with Gasteiger partial charge in [0.2, 0.25) is 0 Å². The molecule has 290 valence electrons. The number of unbranched alkanes of at least 4 members (excludes halogenated alkanes) is 28. The SMILES string of the molecule is CCCCCCCCCCCCCCCCCC(=O)OC[C@@H](COC(=O)CCCCCCC)OC(=O)CCCCCCCCCCCCC. The Balaban J connectivity index is 4.18. The van der Waals surface area contributed by atoms with E-state index in [0.717, 1.165) is 64.2 Å². The second-order valence-electron chi connectivity index (χ2n) is 14.6. The maximum absolute atomic E-state index is 12.6. The Morgan fingerprint density at radius 1 is 0.327 bits per heavy atom. The van der Waals surface area contributed by atoms with Crippen molar-refractivity contribution in [2.75, 3.05) is 13.2 Å². The highest BCUT2D eigenvalue weighted by Gasteiger charge is 2.19. The standard InChI is InChI=1S/C43H82O6/c1-4-7-10-13-15-17-19-20-21-22-24-25-27-30-33-36-42(45)48-39-40(38-47-41(44)35-32-29-12-9-6-3)49-43(46)37-34-31-28-26-23-18-16-14-11-8-5-2/h40H,4-39H2,1-3H3/t40-/m1/s1. The van der Waals surface area contributed by atoms with Crippen LogP contribution in [-0.4, -0.2) is 37.2 Å². The van der Waals surface area contributed by atoms with Crippen molar-refractivity contribution in [2.24, 2.45) is 0 Å². The van der Waals surface area contributed by atoms with E-state index in [4.69, 9.17) is 14.2 Å². The summed E-state index contributed by atoms with van der Waals surface area (Å²) in [5, 5.41) is 0. The van der Waals surface area contributed by atoms with E-state index in [1.165, 1.54) is 135 Å². The molecule has 0 aliphatic heterocycles. The fourth-order valence-corrected chi connectivity index (χ4v) is 6.32.